The van der Waals surface area contributed by atoms with Crippen LogP contribution < -0.4 is 10.6 Å². The quantitative estimate of drug-likeness (QED) is 0.141. The van der Waals surface area contributed by atoms with Gasteiger partial charge in [-0.2, -0.15) is 8.61 Å². The number of halogens is 2. The number of carbonyl (C=O) groups excluding carboxylic acids is 2. The maximum Gasteiger partial charge on any atom is 0.243 e. The largest absolute Gasteiger partial charge is 0.302 e. The summed E-state index contributed by atoms with van der Waals surface area (Å²) in [4.78, 5) is 36.6. The minimum absolute atomic E-state index is 0.0161. The summed E-state index contributed by atoms with van der Waals surface area (Å²) in [6.07, 6.45) is 1.87. The summed E-state index contributed by atoms with van der Waals surface area (Å²) in [7, 11) is -7.61. The smallest absolute Gasteiger partial charge is 0.243 e. The average molecular weight is 893 g/mol. The summed E-state index contributed by atoms with van der Waals surface area (Å²) in [5.74, 6) is -2.29. The second-order valence-corrected chi connectivity index (χ2v) is 21.3. The topological polar surface area (TPSA) is 159 Å². The lowest BCUT2D eigenvalue weighted by molar-refractivity contribution is -0.121. The van der Waals surface area contributed by atoms with Crippen LogP contribution in [-0.2, 0) is 36.1 Å². The molecule has 2 aromatic heterocycles. The summed E-state index contributed by atoms with van der Waals surface area (Å²) < 4.78 is 83.7. The van der Waals surface area contributed by atoms with Crippen LogP contribution in [0.4, 0.5) is 19.0 Å². The van der Waals surface area contributed by atoms with E-state index in [1.165, 1.54) is 55.5 Å². The van der Waals surface area contributed by atoms with Crippen LogP contribution in [0, 0.1) is 44.2 Å². The van der Waals surface area contributed by atoms with Gasteiger partial charge in [-0.05, 0) is 135 Å². The Balaban J connectivity index is 0.945. The molecule has 6 aromatic rings. The first-order chi connectivity index (χ1) is 28.6. The number of anilines is 2. The molecule has 0 atom stereocenters. The first-order valence-corrected chi connectivity index (χ1v) is 24.0. The third-order valence-electron chi connectivity index (χ3n) is 11.4. The first kappa shape index (κ1) is 42.0. The number of aryl methyl sites for hydroxylation is 2. The molecule has 0 spiro atoms. The molecular weight excluding hydrogens is 851 g/mol. The number of rotatable bonds is 10. The van der Waals surface area contributed by atoms with Crippen LogP contribution in [0.15, 0.2) is 76.5 Å². The molecule has 12 nitrogen and oxygen atoms in total. The van der Waals surface area contributed by atoms with Crippen LogP contribution in [-0.4, -0.2) is 73.4 Å². The fourth-order valence-corrected chi connectivity index (χ4v) is 12.8. The molecule has 0 bridgehead atoms. The van der Waals surface area contributed by atoms with Crippen molar-refractivity contribution in [3.8, 4) is 0 Å². The molecule has 18 heteroatoms. The second-order valence-electron chi connectivity index (χ2n) is 15.4. The fourth-order valence-electron chi connectivity index (χ4n) is 7.91. The molecule has 2 aliphatic rings. The number of carbonyl (C=O) groups is 2. The molecule has 2 fully saturated rings. The van der Waals surface area contributed by atoms with Gasteiger partial charge in [0.15, 0.2) is 10.3 Å². The van der Waals surface area contributed by atoms with Gasteiger partial charge in [0.25, 0.3) is 0 Å². The maximum absolute atomic E-state index is 13.5. The van der Waals surface area contributed by atoms with E-state index in [4.69, 9.17) is 9.97 Å². The van der Waals surface area contributed by atoms with Crippen LogP contribution in [0.2, 0.25) is 0 Å². The molecule has 8 rings (SSSR count). The fraction of sp³-hybridized carbons (Fsp3) is 0.333. The van der Waals surface area contributed by atoms with Gasteiger partial charge in [0, 0.05) is 44.4 Å². The average Bonchev–Trinajstić information content (AvgIpc) is 3.82. The standard InChI is InChI=1S/C42H42F2N6O6S4/c1-24-20-29(38-35(21-24)45-41(58-38)47-39(51)27-12-16-49(17-13-27)59(53,54)32-8-4-30(43)5-9-32)23-34-26(3)25(2)22-36-37(34)46-42(57-36)48-40(52)28-14-18-50(19-15-28)60(55,56)33-10-6-31(44)7-11-33/h4-11,20-22,27-28H,12-19,23H2,1-3H3,(H,45,47,51)(H,46,48,52). The highest BCUT2D eigenvalue weighted by Crippen LogP contribution is 2.38. The Kier molecular flexibility index (Phi) is 11.6. The zero-order chi connectivity index (χ0) is 42.5. The van der Waals surface area contributed by atoms with Crippen molar-refractivity contribution in [1.82, 2.24) is 18.6 Å². The zero-order valence-electron chi connectivity index (χ0n) is 33.0. The van der Waals surface area contributed by atoms with E-state index in [0.717, 1.165) is 72.5 Å². The molecular formula is C42H42F2N6O6S4. The van der Waals surface area contributed by atoms with Gasteiger partial charge < -0.3 is 10.6 Å². The number of hydrogen-bond donors (Lipinski definition) is 2. The highest BCUT2D eigenvalue weighted by atomic mass is 32.2. The van der Waals surface area contributed by atoms with E-state index in [9.17, 15) is 35.2 Å². The molecule has 2 saturated heterocycles. The molecule has 2 N–H and O–H groups in total. The van der Waals surface area contributed by atoms with Crippen molar-refractivity contribution in [3.63, 3.8) is 0 Å². The Labute approximate surface area is 354 Å². The van der Waals surface area contributed by atoms with Crippen LogP contribution >= 0.6 is 22.7 Å². The van der Waals surface area contributed by atoms with Crippen molar-refractivity contribution >= 4 is 85.2 Å². The van der Waals surface area contributed by atoms with E-state index in [2.05, 4.69) is 29.7 Å². The van der Waals surface area contributed by atoms with Crippen LogP contribution in [0.1, 0.15) is 53.5 Å². The number of hydrogen-bond acceptors (Lipinski definition) is 10. The van der Waals surface area contributed by atoms with Crippen LogP contribution in [0.5, 0.6) is 0 Å². The highest BCUT2D eigenvalue weighted by Gasteiger charge is 2.34. The van der Waals surface area contributed by atoms with Crippen LogP contribution in [0.25, 0.3) is 20.4 Å². The Morgan fingerprint density at radius 1 is 0.700 bits per heavy atom. The van der Waals surface area contributed by atoms with Gasteiger partial charge in [0.1, 0.15) is 11.6 Å². The molecule has 60 heavy (non-hydrogen) atoms. The Hall–Kier alpha value is -4.72. The SMILES string of the molecule is Cc1cc(Cc2c(C)c(C)cc3sc(NC(=O)C4CCN(S(=O)(=O)c5ccc(F)cc5)CC4)nc23)c2sc(NC(=O)C3CCN(S(=O)(=O)c4ccc(F)cc4)CC3)nc2c1. The second kappa shape index (κ2) is 16.6. The maximum atomic E-state index is 13.5. The van der Waals surface area contributed by atoms with Crippen molar-refractivity contribution in [2.24, 2.45) is 11.8 Å². The first-order valence-electron chi connectivity index (χ1n) is 19.5. The Bertz CT molecular complexity index is 2850. The van der Waals surface area contributed by atoms with E-state index in [0.29, 0.717) is 42.4 Å². The molecule has 0 aliphatic carbocycles. The van der Waals surface area contributed by atoms with Gasteiger partial charge in [-0.3, -0.25) is 9.59 Å². The lowest BCUT2D eigenvalue weighted by atomic mass is 9.95. The molecule has 0 saturated carbocycles. The van der Waals surface area contributed by atoms with Gasteiger partial charge >= 0.3 is 0 Å². The number of benzene rings is 4. The monoisotopic (exact) mass is 892 g/mol. The third-order valence-corrected chi connectivity index (χ3v) is 17.2. The molecule has 2 amide bonds. The zero-order valence-corrected chi connectivity index (χ0v) is 36.3. The number of amides is 2. The minimum Gasteiger partial charge on any atom is -0.302 e. The number of nitrogens with one attached hydrogen (secondary N) is 2. The van der Waals surface area contributed by atoms with Gasteiger partial charge in [-0.15, -0.1) is 0 Å². The van der Waals surface area contributed by atoms with E-state index in [1.54, 1.807) is 0 Å². The normalized spacial score (nSPS) is 16.4. The lowest BCUT2D eigenvalue weighted by Crippen LogP contribution is -2.41. The Morgan fingerprint density at radius 2 is 1.18 bits per heavy atom. The summed E-state index contributed by atoms with van der Waals surface area (Å²) in [5, 5.41) is 6.89. The number of aromatic nitrogens is 2. The molecule has 0 unspecified atom stereocenters. The Morgan fingerprint density at radius 3 is 1.68 bits per heavy atom. The molecule has 2 aliphatic heterocycles. The van der Waals surface area contributed by atoms with Gasteiger partial charge in [-0.25, -0.2) is 35.6 Å². The predicted molar refractivity (Wildman–Crippen MR) is 229 cm³/mol. The number of piperidine rings is 2. The minimum atomic E-state index is -3.81. The number of thiazole rings is 2. The summed E-state index contributed by atoms with van der Waals surface area (Å²) in [6, 6.07) is 15.6. The van der Waals surface area contributed by atoms with E-state index in [1.807, 2.05) is 19.9 Å². The van der Waals surface area contributed by atoms with Crippen molar-refractivity contribution in [3.05, 3.63) is 106 Å². The summed E-state index contributed by atoms with van der Waals surface area (Å²) >= 11 is 2.77. The van der Waals surface area contributed by atoms with Crippen LogP contribution in [0.3, 0.4) is 0 Å². The number of fused-ring (bicyclic) bond motifs is 2. The van der Waals surface area contributed by atoms with E-state index >= 15 is 0 Å². The van der Waals surface area contributed by atoms with Gasteiger partial charge in [0.2, 0.25) is 31.9 Å². The van der Waals surface area contributed by atoms with Crippen molar-refractivity contribution < 1.29 is 35.2 Å². The summed E-state index contributed by atoms with van der Waals surface area (Å²) in [6.45, 7) is 6.75. The molecule has 4 heterocycles. The van der Waals surface area contributed by atoms with Gasteiger partial charge in [0.05, 0.1) is 30.2 Å². The van der Waals surface area contributed by atoms with Crippen molar-refractivity contribution in [2.45, 2.75) is 62.7 Å². The van der Waals surface area contributed by atoms with E-state index < -0.39 is 43.5 Å². The lowest BCUT2D eigenvalue weighted by Gasteiger charge is -2.30. The summed E-state index contributed by atoms with van der Waals surface area (Å²) in [5.41, 5.74) is 6.69. The van der Waals surface area contributed by atoms with Crippen molar-refractivity contribution in [1.29, 1.82) is 0 Å². The molecule has 4 aromatic carbocycles. The predicted octanol–water partition coefficient (Wildman–Crippen LogP) is 7.78. The third kappa shape index (κ3) is 8.45. The molecule has 0 radical (unpaired) electrons. The molecule has 314 valence electrons. The number of nitrogens with zero attached hydrogens (tertiary/aromatic N) is 4. The van der Waals surface area contributed by atoms with Crippen molar-refractivity contribution in [2.75, 3.05) is 36.8 Å². The van der Waals surface area contributed by atoms with E-state index in [-0.39, 0.29) is 47.8 Å². The van der Waals surface area contributed by atoms with Gasteiger partial charge in [-0.1, -0.05) is 28.7 Å². The number of sulfonamides is 2. The highest BCUT2D eigenvalue weighted by molar-refractivity contribution is 7.89.